The maximum atomic E-state index is 5.78. The Hall–Kier alpha value is -1.22. The highest BCUT2D eigenvalue weighted by Gasteiger charge is 2.02. The Kier molecular flexibility index (Phi) is 2.55. The summed E-state index contributed by atoms with van der Waals surface area (Å²) in [5, 5.41) is 1.63. The van der Waals surface area contributed by atoms with Gasteiger partial charge in [0.1, 0.15) is 0 Å². The molecule has 0 aromatic heterocycles. The first-order chi connectivity index (χ1) is 5.65. The molecule has 0 spiro atoms. The van der Waals surface area contributed by atoms with Gasteiger partial charge in [-0.3, -0.25) is 0 Å². The second kappa shape index (κ2) is 3.45. The number of nitrogens with two attached hydrogens (primary N) is 2. The number of rotatable bonds is 2. The summed E-state index contributed by atoms with van der Waals surface area (Å²) >= 11 is 0. The number of hydrazine groups is 1. The quantitative estimate of drug-likeness (QED) is 0.394. The van der Waals surface area contributed by atoms with Crippen LogP contribution in [0.4, 0.5) is 11.4 Å². The Bertz CT molecular complexity index is 270. The minimum Gasteiger partial charge on any atom is -0.397 e. The molecule has 0 aliphatic rings. The first-order valence-electron chi connectivity index (χ1n) is 4.03. The van der Waals surface area contributed by atoms with E-state index in [1.807, 2.05) is 32.0 Å². The van der Waals surface area contributed by atoms with Crippen LogP contribution in [-0.2, 0) is 0 Å². The van der Waals surface area contributed by atoms with Gasteiger partial charge in [0.05, 0.1) is 11.4 Å². The molecule has 12 heavy (non-hydrogen) atoms. The van der Waals surface area contributed by atoms with Gasteiger partial charge in [0.25, 0.3) is 0 Å². The third-order valence-electron chi connectivity index (χ3n) is 1.83. The molecule has 0 atom stereocenters. The van der Waals surface area contributed by atoms with Crippen LogP contribution in [0.3, 0.4) is 0 Å². The molecule has 0 aliphatic heterocycles. The Morgan fingerprint density at radius 1 is 1.42 bits per heavy atom. The average Bonchev–Trinajstić information content (AvgIpc) is 2.03. The third-order valence-corrected chi connectivity index (χ3v) is 1.83. The monoisotopic (exact) mass is 165 g/mol. The fourth-order valence-electron chi connectivity index (χ4n) is 1.11. The lowest BCUT2D eigenvalue weighted by Crippen LogP contribution is -2.30. The van der Waals surface area contributed by atoms with Crippen LogP contribution in [0.25, 0.3) is 0 Å². The Morgan fingerprint density at radius 2 is 2.08 bits per heavy atom. The molecule has 0 saturated carbocycles. The Labute approximate surface area is 72.9 Å². The summed E-state index contributed by atoms with van der Waals surface area (Å²) in [5.41, 5.74) is 8.56. The molecular formula is C9H15N3. The van der Waals surface area contributed by atoms with Crippen LogP contribution in [0.15, 0.2) is 18.2 Å². The topological polar surface area (TPSA) is 55.3 Å². The Balaban J connectivity index is 3.01. The Morgan fingerprint density at radius 3 is 2.58 bits per heavy atom. The van der Waals surface area contributed by atoms with E-state index in [1.54, 1.807) is 5.01 Å². The van der Waals surface area contributed by atoms with Crippen molar-refractivity contribution in [3.8, 4) is 0 Å². The molecule has 1 aromatic carbocycles. The summed E-state index contributed by atoms with van der Waals surface area (Å²) in [6, 6.07) is 5.86. The normalized spacial score (nSPS) is 9.92. The van der Waals surface area contributed by atoms with E-state index in [-0.39, 0.29) is 0 Å². The molecule has 0 heterocycles. The molecule has 0 fully saturated rings. The number of aryl methyl sites for hydroxylation is 1. The average molecular weight is 165 g/mol. The molecule has 0 aliphatic carbocycles. The van der Waals surface area contributed by atoms with Crippen LogP contribution in [0.1, 0.15) is 12.5 Å². The van der Waals surface area contributed by atoms with Gasteiger partial charge < -0.3 is 10.7 Å². The molecule has 0 amide bonds. The van der Waals surface area contributed by atoms with Crippen molar-refractivity contribution < 1.29 is 0 Å². The van der Waals surface area contributed by atoms with Crippen LogP contribution in [0.5, 0.6) is 0 Å². The van der Waals surface area contributed by atoms with Gasteiger partial charge in [-0.15, -0.1) is 0 Å². The lowest BCUT2D eigenvalue weighted by Gasteiger charge is -2.18. The van der Waals surface area contributed by atoms with E-state index < -0.39 is 0 Å². The van der Waals surface area contributed by atoms with Crippen LogP contribution in [-0.4, -0.2) is 6.54 Å². The largest absolute Gasteiger partial charge is 0.397 e. The summed E-state index contributed by atoms with van der Waals surface area (Å²) < 4.78 is 0. The number of nitrogens with zero attached hydrogens (tertiary/aromatic N) is 1. The highest BCUT2D eigenvalue weighted by Crippen LogP contribution is 2.21. The number of hydrogen-bond acceptors (Lipinski definition) is 3. The van der Waals surface area contributed by atoms with E-state index in [2.05, 4.69) is 0 Å². The highest BCUT2D eigenvalue weighted by molar-refractivity contribution is 5.67. The zero-order valence-corrected chi connectivity index (χ0v) is 7.54. The minimum atomic E-state index is 0.736. The van der Waals surface area contributed by atoms with E-state index >= 15 is 0 Å². The summed E-state index contributed by atoms with van der Waals surface area (Å²) in [5.74, 6) is 5.70. The van der Waals surface area contributed by atoms with Crippen molar-refractivity contribution in [2.75, 3.05) is 17.3 Å². The van der Waals surface area contributed by atoms with Gasteiger partial charge in [0.2, 0.25) is 0 Å². The highest BCUT2D eigenvalue weighted by atomic mass is 15.4. The molecule has 1 rings (SSSR count). The standard InChI is InChI=1S/C9H15N3/c1-3-12(11)9-5-4-7(2)6-8(9)10/h4-6H,3,10-11H2,1-2H3. The number of benzene rings is 1. The van der Waals surface area contributed by atoms with Gasteiger partial charge in [-0.25, -0.2) is 5.84 Å². The first kappa shape index (κ1) is 8.87. The van der Waals surface area contributed by atoms with Crippen LogP contribution in [0.2, 0.25) is 0 Å². The molecule has 0 unspecified atom stereocenters. The number of nitrogen functional groups attached to an aromatic ring is 1. The van der Waals surface area contributed by atoms with Crippen molar-refractivity contribution in [2.24, 2.45) is 5.84 Å². The van der Waals surface area contributed by atoms with E-state index in [9.17, 15) is 0 Å². The smallest absolute Gasteiger partial charge is 0.0746 e. The summed E-state index contributed by atoms with van der Waals surface area (Å²) in [6.07, 6.45) is 0. The molecule has 3 heteroatoms. The summed E-state index contributed by atoms with van der Waals surface area (Å²) in [4.78, 5) is 0. The maximum absolute atomic E-state index is 5.78. The maximum Gasteiger partial charge on any atom is 0.0746 e. The summed E-state index contributed by atoms with van der Waals surface area (Å²) in [6.45, 7) is 4.75. The molecule has 3 nitrogen and oxygen atoms in total. The van der Waals surface area contributed by atoms with Crippen molar-refractivity contribution in [1.29, 1.82) is 0 Å². The van der Waals surface area contributed by atoms with Crippen molar-refractivity contribution in [3.63, 3.8) is 0 Å². The van der Waals surface area contributed by atoms with Crippen LogP contribution >= 0.6 is 0 Å². The lowest BCUT2D eigenvalue weighted by atomic mass is 10.2. The summed E-state index contributed by atoms with van der Waals surface area (Å²) in [7, 11) is 0. The van der Waals surface area contributed by atoms with Crippen molar-refractivity contribution in [1.82, 2.24) is 0 Å². The van der Waals surface area contributed by atoms with E-state index in [1.165, 1.54) is 0 Å². The van der Waals surface area contributed by atoms with Gasteiger partial charge in [0.15, 0.2) is 0 Å². The fourth-order valence-corrected chi connectivity index (χ4v) is 1.11. The van der Waals surface area contributed by atoms with Crippen molar-refractivity contribution in [2.45, 2.75) is 13.8 Å². The minimum absolute atomic E-state index is 0.736. The van der Waals surface area contributed by atoms with E-state index in [0.29, 0.717) is 0 Å². The molecule has 0 bridgehead atoms. The zero-order valence-electron chi connectivity index (χ0n) is 7.54. The first-order valence-corrected chi connectivity index (χ1v) is 4.03. The van der Waals surface area contributed by atoms with Gasteiger partial charge >= 0.3 is 0 Å². The number of anilines is 2. The van der Waals surface area contributed by atoms with Gasteiger partial charge in [-0.2, -0.15) is 0 Å². The SMILES string of the molecule is CCN(N)c1ccc(C)cc1N. The lowest BCUT2D eigenvalue weighted by molar-refractivity contribution is 0.893. The van der Waals surface area contributed by atoms with Crippen molar-refractivity contribution in [3.05, 3.63) is 23.8 Å². The molecule has 66 valence electrons. The van der Waals surface area contributed by atoms with Crippen LogP contribution < -0.4 is 16.6 Å². The molecule has 1 aromatic rings. The second-order valence-corrected chi connectivity index (χ2v) is 2.85. The molecular weight excluding hydrogens is 150 g/mol. The molecule has 0 saturated heterocycles. The predicted molar refractivity (Wildman–Crippen MR) is 52.8 cm³/mol. The fraction of sp³-hybridized carbons (Fsp3) is 0.333. The van der Waals surface area contributed by atoms with Gasteiger partial charge in [0, 0.05) is 6.54 Å². The third kappa shape index (κ3) is 1.68. The predicted octanol–water partition coefficient (Wildman–Crippen LogP) is 1.28. The van der Waals surface area contributed by atoms with Gasteiger partial charge in [-0.05, 0) is 31.5 Å². The van der Waals surface area contributed by atoms with Crippen LogP contribution in [0, 0.1) is 6.92 Å². The van der Waals surface area contributed by atoms with Crippen molar-refractivity contribution >= 4 is 11.4 Å². The molecule has 0 radical (unpaired) electrons. The van der Waals surface area contributed by atoms with Gasteiger partial charge in [-0.1, -0.05) is 6.07 Å². The van der Waals surface area contributed by atoms with E-state index in [4.69, 9.17) is 11.6 Å². The number of hydrogen-bond donors (Lipinski definition) is 2. The van der Waals surface area contributed by atoms with E-state index in [0.717, 1.165) is 23.5 Å². The second-order valence-electron chi connectivity index (χ2n) is 2.85. The zero-order chi connectivity index (χ0) is 9.14. The molecule has 4 N–H and O–H groups in total.